The van der Waals surface area contributed by atoms with Gasteiger partial charge >= 0.3 is 5.97 Å². The molecule has 1 aromatic rings. The number of ether oxygens (including phenoxy) is 1. The van der Waals surface area contributed by atoms with Gasteiger partial charge in [-0.15, -0.1) is 0 Å². The van der Waals surface area contributed by atoms with E-state index in [1.807, 2.05) is 18.2 Å². The van der Waals surface area contributed by atoms with E-state index in [1.165, 1.54) is 25.5 Å². The molecule has 1 aliphatic carbocycles. The van der Waals surface area contributed by atoms with Crippen molar-refractivity contribution >= 4 is 12.4 Å². The summed E-state index contributed by atoms with van der Waals surface area (Å²) in [4.78, 5) is 26.9. The molecule has 0 bridgehead atoms. The first-order valence-corrected chi connectivity index (χ1v) is 9.41. The van der Waals surface area contributed by atoms with Gasteiger partial charge < -0.3 is 9.64 Å². The predicted molar refractivity (Wildman–Crippen MR) is 100 cm³/mol. The van der Waals surface area contributed by atoms with Gasteiger partial charge in [-0.25, -0.2) is 0 Å². The molecule has 26 heavy (non-hydrogen) atoms. The van der Waals surface area contributed by atoms with Crippen LogP contribution in [0, 0.1) is 16.7 Å². The van der Waals surface area contributed by atoms with Gasteiger partial charge in [0.15, 0.2) is 0 Å². The number of esters is 1. The molecule has 1 saturated carbocycles. The zero-order valence-electron chi connectivity index (χ0n) is 16.1. The van der Waals surface area contributed by atoms with Gasteiger partial charge in [-0.05, 0) is 23.8 Å². The van der Waals surface area contributed by atoms with Crippen molar-refractivity contribution in [2.24, 2.45) is 16.7 Å². The molecule has 2 heterocycles. The lowest BCUT2D eigenvalue weighted by Gasteiger charge is -2.48. The lowest BCUT2D eigenvalue weighted by Crippen LogP contribution is -2.61. The molecule has 5 nitrogen and oxygen atoms in total. The van der Waals surface area contributed by atoms with Crippen molar-refractivity contribution in [3.05, 3.63) is 35.9 Å². The SMILES string of the molecule is CC1(C)CC1.COC(=O)C1CN(Cc2ccccc2)CC12CN(C=O)C2. The van der Waals surface area contributed by atoms with Crippen LogP contribution in [0.25, 0.3) is 0 Å². The average Bonchev–Trinajstić information content (AvgIpc) is 3.17. The van der Waals surface area contributed by atoms with Crippen LogP contribution in [-0.4, -0.2) is 55.5 Å². The Morgan fingerprint density at radius 3 is 2.31 bits per heavy atom. The predicted octanol–water partition coefficient (Wildman–Crippen LogP) is 2.56. The molecule has 1 spiro atoms. The topological polar surface area (TPSA) is 49.9 Å². The molecule has 1 atom stereocenters. The fraction of sp³-hybridized carbons (Fsp3) is 0.619. The molecule has 3 aliphatic rings. The number of hydrogen-bond acceptors (Lipinski definition) is 4. The highest BCUT2D eigenvalue weighted by Crippen LogP contribution is 2.44. The monoisotopic (exact) mass is 358 g/mol. The van der Waals surface area contributed by atoms with E-state index in [9.17, 15) is 9.59 Å². The second-order valence-corrected chi connectivity index (χ2v) is 8.77. The Balaban J connectivity index is 0.000000339. The molecule has 0 radical (unpaired) electrons. The summed E-state index contributed by atoms with van der Waals surface area (Å²) in [6.45, 7) is 8.28. The summed E-state index contributed by atoms with van der Waals surface area (Å²) in [5.74, 6) is -0.293. The van der Waals surface area contributed by atoms with E-state index in [4.69, 9.17) is 4.74 Å². The quantitative estimate of drug-likeness (QED) is 0.613. The number of hydrogen-bond donors (Lipinski definition) is 0. The Bertz CT molecular complexity index is 632. The first-order valence-electron chi connectivity index (χ1n) is 9.41. The van der Waals surface area contributed by atoms with Crippen molar-refractivity contribution < 1.29 is 14.3 Å². The van der Waals surface area contributed by atoms with Gasteiger partial charge in [0.2, 0.25) is 6.41 Å². The second kappa shape index (κ2) is 7.39. The van der Waals surface area contributed by atoms with Gasteiger partial charge in [0, 0.05) is 38.1 Å². The first kappa shape index (κ1) is 18.9. The van der Waals surface area contributed by atoms with Crippen molar-refractivity contribution in [3.63, 3.8) is 0 Å². The Kier molecular flexibility index (Phi) is 5.37. The Hall–Kier alpha value is -1.88. The highest BCUT2D eigenvalue weighted by Gasteiger charge is 2.57. The average molecular weight is 358 g/mol. The molecule has 1 amide bonds. The van der Waals surface area contributed by atoms with Crippen LogP contribution in [0.4, 0.5) is 0 Å². The van der Waals surface area contributed by atoms with E-state index < -0.39 is 0 Å². The largest absolute Gasteiger partial charge is 0.469 e. The summed E-state index contributed by atoms with van der Waals surface area (Å²) in [5.41, 5.74) is 1.87. The minimum absolute atomic E-state index is 0.122. The molecule has 0 N–H and O–H groups in total. The number of methoxy groups -OCH3 is 1. The van der Waals surface area contributed by atoms with E-state index >= 15 is 0 Å². The third-order valence-electron chi connectivity index (χ3n) is 5.89. The van der Waals surface area contributed by atoms with E-state index in [-0.39, 0.29) is 17.3 Å². The lowest BCUT2D eigenvalue weighted by atomic mass is 9.72. The Labute approximate surface area is 156 Å². The van der Waals surface area contributed by atoms with Crippen molar-refractivity contribution in [1.29, 1.82) is 0 Å². The van der Waals surface area contributed by atoms with E-state index in [0.29, 0.717) is 19.6 Å². The van der Waals surface area contributed by atoms with E-state index in [0.717, 1.165) is 24.9 Å². The van der Waals surface area contributed by atoms with Crippen LogP contribution < -0.4 is 0 Å². The normalized spacial score (nSPS) is 25.0. The van der Waals surface area contributed by atoms with Crippen LogP contribution in [0.3, 0.4) is 0 Å². The highest BCUT2D eigenvalue weighted by molar-refractivity contribution is 5.75. The lowest BCUT2D eigenvalue weighted by molar-refractivity contribution is -0.155. The Morgan fingerprint density at radius 1 is 1.19 bits per heavy atom. The second-order valence-electron chi connectivity index (χ2n) is 8.77. The molecule has 142 valence electrons. The zero-order valence-corrected chi connectivity index (χ0v) is 16.1. The molecule has 4 rings (SSSR count). The van der Waals surface area contributed by atoms with Crippen molar-refractivity contribution in [2.75, 3.05) is 33.3 Å². The van der Waals surface area contributed by atoms with Gasteiger partial charge in [-0.1, -0.05) is 44.2 Å². The van der Waals surface area contributed by atoms with Gasteiger partial charge in [0.1, 0.15) is 0 Å². The van der Waals surface area contributed by atoms with Gasteiger partial charge in [-0.2, -0.15) is 0 Å². The maximum atomic E-state index is 12.1. The number of likely N-dealkylation sites (tertiary alicyclic amines) is 2. The summed E-state index contributed by atoms with van der Waals surface area (Å²) in [7, 11) is 1.44. The summed E-state index contributed by atoms with van der Waals surface area (Å²) in [5, 5.41) is 0. The standard InChI is InChI=1S/C16H20N2O3.C5H10/c1-21-15(20)14-8-17(7-13-5-3-2-4-6-13)9-16(14)10-18(11-16)12-19;1-5(2)3-4-5/h2-6,12,14H,7-11H2,1H3;3-4H2,1-2H3. The number of carbonyl (C=O) groups excluding carboxylic acids is 2. The smallest absolute Gasteiger partial charge is 0.310 e. The summed E-state index contributed by atoms with van der Waals surface area (Å²) in [6.07, 6.45) is 3.76. The van der Waals surface area contributed by atoms with Crippen LogP contribution >= 0.6 is 0 Å². The van der Waals surface area contributed by atoms with Gasteiger partial charge in [0.25, 0.3) is 0 Å². The first-order chi connectivity index (χ1) is 12.4. The molecular weight excluding hydrogens is 328 g/mol. The third kappa shape index (κ3) is 4.26. The van der Waals surface area contributed by atoms with Crippen LogP contribution in [0.2, 0.25) is 0 Å². The minimum Gasteiger partial charge on any atom is -0.469 e. The van der Waals surface area contributed by atoms with Crippen LogP contribution in [0.1, 0.15) is 32.3 Å². The molecule has 5 heteroatoms. The molecule has 1 aromatic carbocycles. The van der Waals surface area contributed by atoms with Gasteiger partial charge in [0.05, 0.1) is 13.0 Å². The van der Waals surface area contributed by atoms with Crippen molar-refractivity contribution in [1.82, 2.24) is 9.80 Å². The molecule has 1 unspecified atom stereocenters. The van der Waals surface area contributed by atoms with Crippen molar-refractivity contribution in [3.8, 4) is 0 Å². The molecule has 3 fully saturated rings. The fourth-order valence-electron chi connectivity index (χ4n) is 3.91. The maximum absolute atomic E-state index is 12.1. The number of amides is 1. The minimum atomic E-state index is -0.156. The summed E-state index contributed by atoms with van der Waals surface area (Å²) < 4.78 is 4.96. The van der Waals surface area contributed by atoms with Crippen molar-refractivity contribution in [2.45, 2.75) is 33.2 Å². The fourth-order valence-corrected chi connectivity index (χ4v) is 3.91. The molecule has 2 saturated heterocycles. The zero-order chi connectivity index (χ0) is 18.8. The van der Waals surface area contributed by atoms with Gasteiger partial charge in [-0.3, -0.25) is 14.5 Å². The molecule has 0 aromatic heterocycles. The summed E-state index contributed by atoms with van der Waals surface area (Å²) >= 11 is 0. The number of rotatable bonds is 4. The molecule has 2 aliphatic heterocycles. The van der Waals surface area contributed by atoms with Crippen LogP contribution in [0.5, 0.6) is 0 Å². The maximum Gasteiger partial charge on any atom is 0.310 e. The summed E-state index contributed by atoms with van der Waals surface area (Å²) in [6, 6.07) is 10.2. The number of benzene rings is 1. The number of nitrogens with zero attached hydrogens (tertiary/aromatic N) is 2. The third-order valence-corrected chi connectivity index (χ3v) is 5.89. The van der Waals surface area contributed by atoms with Crippen LogP contribution in [0.15, 0.2) is 30.3 Å². The van der Waals surface area contributed by atoms with E-state index in [2.05, 4.69) is 30.9 Å². The van der Waals surface area contributed by atoms with Crippen LogP contribution in [-0.2, 0) is 20.9 Å². The Morgan fingerprint density at radius 2 is 1.81 bits per heavy atom. The molecular formula is C21H30N2O3. The van der Waals surface area contributed by atoms with E-state index in [1.54, 1.807) is 4.90 Å². The number of carbonyl (C=O) groups is 2. The highest BCUT2D eigenvalue weighted by atomic mass is 16.5.